The van der Waals surface area contributed by atoms with Gasteiger partial charge in [0.05, 0.1) is 10.8 Å². The summed E-state index contributed by atoms with van der Waals surface area (Å²) in [6.07, 6.45) is 8.71. The van der Waals surface area contributed by atoms with Crippen molar-refractivity contribution >= 4 is 21.8 Å². The van der Waals surface area contributed by atoms with Gasteiger partial charge in [-0.15, -0.1) is 0 Å². The molecule has 1 aromatic carbocycles. The Kier molecular flexibility index (Phi) is 9.32. The van der Waals surface area contributed by atoms with Gasteiger partial charge in [0.2, 0.25) is 15.9 Å². The molecule has 8 heteroatoms. The minimum Gasteiger partial charge on any atom is -0.356 e. The Labute approximate surface area is 199 Å². The number of nitrogens with zero attached hydrogens (tertiary/aromatic N) is 2. The predicted octanol–water partition coefficient (Wildman–Crippen LogP) is 3.80. The van der Waals surface area contributed by atoms with Crippen molar-refractivity contribution < 1.29 is 18.0 Å². The lowest BCUT2D eigenvalue weighted by molar-refractivity contribution is -0.126. The molecule has 0 radical (unpaired) electrons. The van der Waals surface area contributed by atoms with Crippen LogP contribution < -0.4 is 5.32 Å². The van der Waals surface area contributed by atoms with Crippen LogP contribution in [0.3, 0.4) is 0 Å². The molecule has 3 rings (SSSR count). The van der Waals surface area contributed by atoms with Gasteiger partial charge in [-0.25, -0.2) is 8.42 Å². The maximum atomic E-state index is 13.2. The second-order valence-corrected chi connectivity index (χ2v) is 11.3. The van der Waals surface area contributed by atoms with Crippen molar-refractivity contribution in [2.45, 2.75) is 82.6 Å². The largest absolute Gasteiger partial charge is 0.356 e. The zero-order valence-electron chi connectivity index (χ0n) is 20.1. The Hall–Kier alpha value is -1.93. The van der Waals surface area contributed by atoms with E-state index in [9.17, 15) is 18.0 Å². The highest BCUT2D eigenvalue weighted by atomic mass is 32.2. The molecular formula is C25H39N3O4S. The van der Waals surface area contributed by atoms with Gasteiger partial charge in [-0.3, -0.25) is 9.59 Å². The van der Waals surface area contributed by atoms with Gasteiger partial charge in [-0.05, 0) is 57.2 Å². The van der Waals surface area contributed by atoms with E-state index in [4.69, 9.17) is 0 Å². The Morgan fingerprint density at radius 3 is 2.64 bits per heavy atom. The second kappa shape index (κ2) is 12.0. The average molecular weight is 478 g/mol. The summed E-state index contributed by atoms with van der Waals surface area (Å²) in [6.45, 7) is 6.25. The molecular weight excluding hydrogens is 438 g/mol. The van der Waals surface area contributed by atoms with Crippen molar-refractivity contribution in [3.8, 4) is 0 Å². The van der Waals surface area contributed by atoms with Crippen LogP contribution in [0.1, 0.15) is 82.0 Å². The van der Waals surface area contributed by atoms with E-state index in [1.54, 1.807) is 27.4 Å². The molecule has 2 aliphatic rings. The van der Waals surface area contributed by atoms with Gasteiger partial charge in [-0.1, -0.05) is 38.7 Å². The lowest BCUT2D eigenvalue weighted by Crippen LogP contribution is -2.45. The molecule has 2 amide bonds. The van der Waals surface area contributed by atoms with Crippen molar-refractivity contribution in [3.63, 3.8) is 0 Å². The summed E-state index contributed by atoms with van der Waals surface area (Å²) < 4.78 is 28.0. The molecule has 2 saturated heterocycles. The zero-order valence-corrected chi connectivity index (χ0v) is 20.9. The lowest BCUT2D eigenvalue weighted by atomic mass is 9.96. The van der Waals surface area contributed by atoms with Gasteiger partial charge >= 0.3 is 0 Å². The number of amides is 2. The fourth-order valence-corrected chi connectivity index (χ4v) is 6.57. The highest BCUT2D eigenvalue weighted by Gasteiger charge is 2.32. The number of unbranched alkanes of at least 4 members (excludes halogenated alkanes) is 3. The van der Waals surface area contributed by atoms with Gasteiger partial charge in [-0.2, -0.15) is 4.31 Å². The number of piperidine rings is 2. The van der Waals surface area contributed by atoms with Crippen molar-refractivity contribution in [3.05, 3.63) is 29.8 Å². The molecule has 2 aliphatic heterocycles. The topological polar surface area (TPSA) is 86.8 Å². The normalized spacial score (nSPS) is 22.2. The first-order valence-electron chi connectivity index (χ1n) is 12.5. The molecule has 2 heterocycles. The molecule has 0 aliphatic carbocycles. The minimum atomic E-state index is -3.64. The molecule has 1 aromatic rings. The number of rotatable bonds is 9. The van der Waals surface area contributed by atoms with Gasteiger partial charge < -0.3 is 10.2 Å². The summed E-state index contributed by atoms with van der Waals surface area (Å²) >= 11 is 0. The summed E-state index contributed by atoms with van der Waals surface area (Å²) in [5.41, 5.74) is 0.362. The van der Waals surface area contributed by atoms with E-state index < -0.39 is 10.0 Å². The molecule has 0 saturated carbocycles. The number of sulfonamides is 1. The standard InChI is InChI=1S/C25H39N3O4S/c1-3-4-5-7-15-26-24(29)22-13-10-16-27(19-22)25(30)21-12-9-14-23(18-21)33(31,32)28-17-8-6-11-20(28)2/h9,12,14,18,20,22H,3-8,10-11,13,15-17,19H2,1-2H3,(H,26,29). The number of carbonyl (C=O) groups excluding carboxylic acids is 2. The Balaban J connectivity index is 1.64. The first-order chi connectivity index (χ1) is 15.8. The van der Waals surface area contributed by atoms with E-state index in [0.717, 1.165) is 51.4 Å². The molecule has 2 atom stereocenters. The van der Waals surface area contributed by atoms with Crippen molar-refractivity contribution in [2.75, 3.05) is 26.2 Å². The van der Waals surface area contributed by atoms with E-state index in [0.29, 0.717) is 31.7 Å². The summed E-state index contributed by atoms with van der Waals surface area (Å²) in [5.74, 6) is -0.409. The van der Waals surface area contributed by atoms with Crippen LogP contribution >= 0.6 is 0 Å². The Morgan fingerprint density at radius 1 is 1.06 bits per heavy atom. The maximum absolute atomic E-state index is 13.2. The van der Waals surface area contributed by atoms with Crippen LogP contribution in [0.25, 0.3) is 0 Å². The SMILES string of the molecule is CCCCCCNC(=O)C1CCCN(C(=O)c2cccc(S(=O)(=O)N3CCCCC3C)c2)C1. The van der Waals surface area contributed by atoms with Crippen molar-refractivity contribution in [2.24, 2.45) is 5.92 Å². The van der Waals surface area contributed by atoms with Crippen LogP contribution in [0.15, 0.2) is 29.2 Å². The second-order valence-electron chi connectivity index (χ2n) is 9.43. The van der Waals surface area contributed by atoms with Crippen LogP contribution in [0.2, 0.25) is 0 Å². The van der Waals surface area contributed by atoms with Crippen LogP contribution in [0.4, 0.5) is 0 Å². The number of hydrogen-bond donors (Lipinski definition) is 1. The van der Waals surface area contributed by atoms with Gasteiger partial charge in [0.25, 0.3) is 5.91 Å². The zero-order chi connectivity index (χ0) is 23.8. The molecule has 0 spiro atoms. The van der Waals surface area contributed by atoms with E-state index in [-0.39, 0.29) is 28.7 Å². The number of nitrogens with one attached hydrogen (secondary N) is 1. The highest BCUT2D eigenvalue weighted by Crippen LogP contribution is 2.26. The first-order valence-corrected chi connectivity index (χ1v) is 14.0. The summed E-state index contributed by atoms with van der Waals surface area (Å²) in [5, 5.41) is 3.02. The molecule has 0 aromatic heterocycles. The van der Waals surface area contributed by atoms with E-state index in [2.05, 4.69) is 12.2 Å². The monoisotopic (exact) mass is 477 g/mol. The summed E-state index contributed by atoms with van der Waals surface area (Å²) in [6, 6.07) is 6.33. The fourth-order valence-electron chi connectivity index (χ4n) is 4.82. The smallest absolute Gasteiger partial charge is 0.253 e. The Morgan fingerprint density at radius 2 is 1.88 bits per heavy atom. The molecule has 7 nitrogen and oxygen atoms in total. The number of benzene rings is 1. The third-order valence-electron chi connectivity index (χ3n) is 6.84. The maximum Gasteiger partial charge on any atom is 0.253 e. The fraction of sp³-hybridized carbons (Fsp3) is 0.680. The van der Waals surface area contributed by atoms with E-state index in [1.165, 1.54) is 12.5 Å². The van der Waals surface area contributed by atoms with Crippen LogP contribution in [-0.4, -0.2) is 61.7 Å². The quantitative estimate of drug-likeness (QED) is 0.548. The van der Waals surface area contributed by atoms with E-state index >= 15 is 0 Å². The van der Waals surface area contributed by atoms with Crippen LogP contribution in [0, 0.1) is 5.92 Å². The minimum absolute atomic E-state index is 0.0133. The molecule has 0 bridgehead atoms. The van der Waals surface area contributed by atoms with Gasteiger partial charge in [0.15, 0.2) is 0 Å². The third kappa shape index (κ3) is 6.57. The number of hydrogen-bond acceptors (Lipinski definition) is 4. The number of likely N-dealkylation sites (tertiary alicyclic amines) is 1. The Bertz CT molecular complexity index is 918. The first kappa shape index (κ1) is 25.7. The van der Waals surface area contributed by atoms with Gasteiger partial charge in [0.1, 0.15) is 0 Å². The molecule has 2 fully saturated rings. The molecule has 2 unspecified atom stereocenters. The number of carbonyl (C=O) groups is 2. The predicted molar refractivity (Wildman–Crippen MR) is 129 cm³/mol. The highest BCUT2D eigenvalue weighted by molar-refractivity contribution is 7.89. The summed E-state index contributed by atoms with van der Waals surface area (Å²) in [7, 11) is -3.64. The molecule has 184 valence electrons. The third-order valence-corrected chi connectivity index (χ3v) is 8.85. The van der Waals surface area contributed by atoms with E-state index in [1.807, 2.05) is 6.92 Å². The van der Waals surface area contributed by atoms with Crippen molar-refractivity contribution in [1.82, 2.24) is 14.5 Å². The van der Waals surface area contributed by atoms with Gasteiger partial charge in [0, 0.05) is 37.8 Å². The summed E-state index contributed by atoms with van der Waals surface area (Å²) in [4.78, 5) is 27.7. The average Bonchev–Trinajstić information content (AvgIpc) is 2.83. The lowest BCUT2D eigenvalue weighted by Gasteiger charge is -2.33. The van der Waals surface area contributed by atoms with Crippen molar-refractivity contribution in [1.29, 1.82) is 0 Å². The molecule has 33 heavy (non-hydrogen) atoms. The molecule has 1 N–H and O–H groups in total. The van der Waals surface area contributed by atoms with Crippen LogP contribution in [-0.2, 0) is 14.8 Å². The van der Waals surface area contributed by atoms with Crippen LogP contribution in [0.5, 0.6) is 0 Å².